The first-order valence-corrected chi connectivity index (χ1v) is 18.8. The Morgan fingerprint density at radius 2 is 0.667 bits per heavy atom. The quantitative estimate of drug-likeness (QED) is 0.156. The summed E-state index contributed by atoms with van der Waals surface area (Å²) >= 11 is 0. The monoisotopic (exact) mass is 694 g/mol. The smallest absolute Gasteiger partial charge is 0.0465 e. The van der Waals surface area contributed by atoms with Gasteiger partial charge in [0.1, 0.15) is 0 Å². The Morgan fingerprint density at radius 3 is 1.13 bits per heavy atom. The Labute approximate surface area is 319 Å². The lowest BCUT2D eigenvalue weighted by Crippen LogP contribution is -2.17. The van der Waals surface area contributed by atoms with Crippen molar-refractivity contribution in [1.29, 1.82) is 0 Å². The van der Waals surface area contributed by atoms with Gasteiger partial charge in [-0.2, -0.15) is 0 Å². The molecule has 0 N–H and O–H groups in total. The summed E-state index contributed by atoms with van der Waals surface area (Å²) < 4.78 is 0. The molecule has 8 aromatic carbocycles. The van der Waals surface area contributed by atoms with Crippen LogP contribution in [-0.2, 0) is 5.41 Å². The Hall–Kier alpha value is -6.64. The summed E-state index contributed by atoms with van der Waals surface area (Å²) in [7, 11) is 0. The summed E-state index contributed by atoms with van der Waals surface area (Å²) in [5, 5.41) is 0. The van der Waals surface area contributed by atoms with Crippen LogP contribution in [0.3, 0.4) is 0 Å². The molecule has 0 spiro atoms. The molecule has 0 heterocycles. The van der Waals surface area contributed by atoms with Crippen molar-refractivity contribution in [2.45, 2.75) is 26.2 Å². The molecule has 54 heavy (non-hydrogen) atoms. The van der Waals surface area contributed by atoms with Gasteiger partial charge in [-0.05, 0) is 130 Å². The van der Waals surface area contributed by atoms with Crippen LogP contribution in [0.5, 0.6) is 0 Å². The molecule has 0 aromatic heterocycles. The molecule has 0 aliphatic heterocycles. The number of aryl methyl sites for hydroxylation is 1. The van der Waals surface area contributed by atoms with E-state index in [4.69, 9.17) is 0 Å². The highest BCUT2D eigenvalue weighted by Crippen LogP contribution is 2.52. The van der Waals surface area contributed by atoms with E-state index in [1.807, 2.05) is 0 Å². The number of anilines is 6. The Kier molecular flexibility index (Phi) is 8.44. The molecule has 0 bridgehead atoms. The van der Waals surface area contributed by atoms with Crippen LogP contribution in [0.2, 0.25) is 0 Å². The Morgan fingerprint density at radius 1 is 0.315 bits per heavy atom. The minimum Gasteiger partial charge on any atom is -0.310 e. The van der Waals surface area contributed by atoms with Gasteiger partial charge in [-0.25, -0.2) is 0 Å². The van der Waals surface area contributed by atoms with Gasteiger partial charge >= 0.3 is 0 Å². The van der Waals surface area contributed by atoms with Crippen molar-refractivity contribution in [2.24, 2.45) is 0 Å². The lowest BCUT2D eigenvalue weighted by molar-refractivity contribution is 0.660. The van der Waals surface area contributed by atoms with E-state index in [9.17, 15) is 0 Å². The molecule has 2 nitrogen and oxygen atoms in total. The molecule has 8 aromatic rings. The van der Waals surface area contributed by atoms with Crippen LogP contribution < -0.4 is 9.80 Å². The van der Waals surface area contributed by atoms with Gasteiger partial charge in [0.2, 0.25) is 0 Å². The van der Waals surface area contributed by atoms with Gasteiger partial charge in [0.05, 0.1) is 0 Å². The van der Waals surface area contributed by atoms with Crippen LogP contribution in [0.1, 0.15) is 30.5 Å². The fourth-order valence-corrected chi connectivity index (χ4v) is 8.10. The minimum atomic E-state index is -0.217. The fraction of sp³-hybridized carbons (Fsp3) is 0.0769. The molecule has 0 saturated heterocycles. The van der Waals surface area contributed by atoms with E-state index in [0.717, 1.165) is 34.1 Å². The number of hydrogen-bond donors (Lipinski definition) is 0. The predicted molar refractivity (Wildman–Crippen MR) is 229 cm³/mol. The number of nitrogens with zero attached hydrogens (tertiary/aromatic N) is 2. The second-order valence-corrected chi connectivity index (χ2v) is 14.8. The molecule has 1 aliphatic rings. The van der Waals surface area contributed by atoms with Crippen molar-refractivity contribution < 1.29 is 0 Å². The zero-order valence-electron chi connectivity index (χ0n) is 30.9. The van der Waals surface area contributed by atoms with Crippen molar-refractivity contribution in [2.75, 3.05) is 9.80 Å². The molecule has 1 aliphatic carbocycles. The van der Waals surface area contributed by atoms with E-state index in [1.165, 1.54) is 50.1 Å². The molecular weight excluding hydrogens is 653 g/mol. The zero-order valence-corrected chi connectivity index (χ0v) is 30.9. The third-order valence-electron chi connectivity index (χ3n) is 10.9. The maximum atomic E-state index is 2.42. The third kappa shape index (κ3) is 6.06. The van der Waals surface area contributed by atoms with Crippen LogP contribution >= 0.6 is 0 Å². The number of rotatable bonds is 8. The SMILES string of the molecule is Cc1cccc(N(c2ccccc2)c2ccc3c(c2)C(C)(C)c2cc(N(c4ccc(-c5ccccc5)cc4)c4ccc(-c5ccccc5)cc4)ccc2-3)c1. The van der Waals surface area contributed by atoms with Crippen molar-refractivity contribution in [3.05, 3.63) is 217 Å². The zero-order chi connectivity index (χ0) is 36.6. The summed E-state index contributed by atoms with van der Waals surface area (Å²) in [6.45, 7) is 6.90. The summed E-state index contributed by atoms with van der Waals surface area (Å²) in [5.41, 5.74) is 18.0. The van der Waals surface area contributed by atoms with Crippen LogP contribution in [0.15, 0.2) is 200 Å². The van der Waals surface area contributed by atoms with Gasteiger partial charge in [-0.1, -0.05) is 141 Å². The van der Waals surface area contributed by atoms with Gasteiger partial charge in [-0.15, -0.1) is 0 Å². The highest BCUT2D eigenvalue weighted by molar-refractivity contribution is 5.89. The Bertz CT molecular complexity index is 2470. The lowest BCUT2D eigenvalue weighted by atomic mass is 9.82. The molecule has 0 radical (unpaired) electrons. The van der Waals surface area contributed by atoms with Crippen LogP contribution in [0.25, 0.3) is 33.4 Å². The molecule has 0 saturated carbocycles. The van der Waals surface area contributed by atoms with Crippen LogP contribution in [-0.4, -0.2) is 0 Å². The fourth-order valence-electron chi connectivity index (χ4n) is 8.10. The van der Waals surface area contributed by atoms with E-state index in [2.05, 4.69) is 231 Å². The first kappa shape index (κ1) is 33.2. The van der Waals surface area contributed by atoms with Crippen molar-refractivity contribution in [3.8, 4) is 33.4 Å². The molecule has 260 valence electrons. The summed E-state index contributed by atoms with van der Waals surface area (Å²) in [5.74, 6) is 0. The maximum absolute atomic E-state index is 2.42. The van der Waals surface area contributed by atoms with Gasteiger partial charge in [0, 0.05) is 39.5 Å². The van der Waals surface area contributed by atoms with Gasteiger partial charge in [0.15, 0.2) is 0 Å². The second kappa shape index (κ2) is 13.7. The standard InChI is InChI=1S/C52H42N2/c1-37-14-13-21-45(34-37)54(42-19-11-6-12-20-42)47-31-33-49-48-32-30-46(35-50(48)52(2,3)51(49)36-47)53(43-26-22-40(23-27-43)38-15-7-4-8-16-38)44-28-24-41(25-29-44)39-17-9-5-10-18-39/h4-36H,1-3H3. The van der Waals surface area contributed by atoms with Gasteiger partial charge < -0.3 is 9.80 Å². The molecule has 0 atom stereocenters. The maximum Gasteiger partial charge on any atom is 0.0465 e. The first-order chi connectivity index (χ1) is 26.4. The van der Waals surface area contributed by atoms with Crippen LogP contribution in [0.4, 0.5) is 34.1 Å². The van der Waals surface area contributed by atoms with E-state index in [-0.39, 0.29) is 5.41 Å². The third-order valence-corrected chi connectivity index (χ3v) is 10.9. The average molecular weight is 695 g/mol. The summed E-state index contributed by atoms with van der Waals surface area (Å²) in [6, 6.07) is 72.6. The number of benzene rings is 8. The van der Waals surface area contributed by atoms with E-state index in [0.29, 0.717) is 0 Å². The van der Waals surface area contributed by atoms with E-state index >= 15 is 0 Å². The molecule has 0 unspecified atom stereocenters. The minimum absolute atomic E-state index is 0.217. The van der Waals surface area contributed by atoms with Gasteiger partial charge in [-0.3, -0.25) is 0 Å². The molecule has 2 heteroatoms. The first-order valence-electron chi connectivity index (χ1n) is 18.8. The van der Waals surface area contributed by atoms with Gasteiger partial charge in [0.25, 0.3) is 0 Å². The summed E-state index contributed by atoms with van der Waals surface area (Å²) in [4.78, 5) is 4.76. The molecular formula is C52H42N2. The predicted octanol–water partition coefficient (Wildman–Crippen LogP) is 14.6. The molecule has 0 fully saturated rings. The topological polar surface area (TPSA) is 6.48 Å². The van der Waals surface area contributed by atoms with Crippen molar-refractivity contribution >= 4 is 34.1 Å². The lowest BCUT2D eigenvalue weighted by Gasteiger charge is -2.29. The highest BCUT2D eigenvalue weighted by Gasteiger charge is 2.37. The molecule has 9 rings (SSSR count). The normalized spacial score (nSPS) is 12.5. The number of fused-ring (bicyclic) bond motifs is 3. The van der Waals surface area contributed by atoms with E-state index < -0.39 is 0 Å². The van der Waals surface area contributed by atoms with E-state index in [1.54, 1.807) is 0 Å². The average Bonchev–Trinajstić information content (AvgIpc) is 3.44. The van der Waals surface area contributed by atoms with Crippen LogP contribution in [0, 0.1) is 6.92 Å². The second-order valence-electron chi connectivity index (χ2n) is 14.8. The largest absolute Gasteiger partial charge is 0.310 e. The number of hydrogen-bond acceptors (Lipinski definition) is 2. The van der Waals surface area contributed by atoms with Crippen molar-refractivity contribution in [1.82, 2.24) is 0 Å². The highest BCUT2D eigenvalue weighted by atomic mass is 15.1. The molecule has 0 amide bonds. The Balaban J connectivity index is 1.13. The number of para-hydroxylation sites is 1. The van der Waals surface area contributed by atoms with Crippen molar-refractivity contribution in [3.63, 3.8) is 0 Å². The summed E-state index contributed by atoms with van der Waals surface area (Å²) in [6.07, 6.45) is 0.